The molecule has 0 aliphatic carbocycles. The lowest BCUT2D eigenvalue weighted by Crippen LogP contribution is -2.28. The fraction of sp³-hybridized carbons (Fsp3) is 0.222. The minimum atomic E-state index is -0.965. The molecule has 2 aromatic heterocycles. The molecule has 8 heteroatoms. The molecule has 134 valence electrons. The van der Waals surface area contributed by atoms with Gasteiger partial charge in [-0.3, -0.25) is 4.57 Å². The van der Waals surface area contributed by atoms with Crippen LogP contribution in [0, 0.1) is 11.6 Å². The first-order chi connectivity index (χ1) is 12.5. The van der Waals surface area contributed by atoms with Gasteiger partial charge in [0.15, 0.2) is 11.6 Å². The molecule has 1 unspecified atom stereocenters. The van der Waals surface area contributed by atoms with Crippen LogP contribution in [0.5, 0.6) is 0 Å². The minimum Gasteiger partial charge on any atom is -0.463 e. The van der Waals surface area contributed by atoms with Gasteiger partial charge in [0, 0.05) is 17.8 Å². The second-order valence-electron chi connectivity index (χ2n) is 5.90. The molecule has 1 N–H and O–H groups in total. The number of nitrogens with zero attached hydrogens (tertiary/aromatic N) is 2. The number of esters is 1. The summed E-state index contributed by atoms with van der Waals surface area (Å²) in [4.78, 5) is 17.0. The SMILES string of the molecule is CCOC(=O)C1=C(C)Nc2nc3cc(F)c(F)cc3n2C1c1ccsc1. The number of aromatic nitrogens is 2. The highest BCUT2D eigenvalue weighted by molar-refractivity contribution is 7.08. The average molecular weight is 375 g/mol. The van der Waals surface area contributed by atoms with Crippen molar-refractivity contribution >= 4 is 34.3 Å². The molecule has 4 rings (SSSR count). The fourth-order valence-electron chi connectivity index (χ4n) is 3.23. The number of fused-ring (bicyclic) bond motifs is 3. The number of ether oxygens (including phenoxy) is 1. The van der Waals surface area contributed by atoms with E-state index in [1.165, 1.54) is 11.3 Å². The monoisotopic (exact) mass is 375 g/mol. The highest BCUT2D eigenvalue weighted by Gasteiger charge is 2.35. The van der Waals surface area contributed by atoms with E-state index in [0.717, 1.165) is 17.7 Å². The summed E-state index contributed by atoms with van der Waals surface area (Å²) in [5.41, 5.74) is 2.58. The molecule has 5 nitrogen and oxygen atoms in total. The van der Waals surface area contributed by atoms with Gasteiger partial charge in [-0.15, -0.1) is 0 Å². The molecule has 0 spiro atoms. The molecule has 0 bridgehead atoms. The summed E-state index contributed by atoms with van der Waals surface area (Å²) < 4.78 is 34.5. The molecule has 0 fully saturated rings. The molecule has 1 atom stereocenters. The third kappa shape index (κ3) is 2.48. The molecular formula is C18H15F2N3O2S. The molecule has 1 aliphatic heterocycles. The zero-order chi connectivity index (χ0) is 18.4. The van der Waals surface area contributed by atoms with Crippen molar-refractivity contribution in [3.8, 4) is 0 Å². The van der Waals surface area contributed by atoms with E-state index in [4.69, 9.17) is 4.74 Å². The Labute approximate surface area is 151 Å². The Morgan fingerprint density at radius 2 is 2.15 bits per heavy atom. The number of allylic oxidation sites excluding steroid dienone is 1. The van der Waals surface area contributed by atoms with Crippen molar-refractivity contribution < 1.29 is 18.3 Å². The summed E-state index contributed by atoms with van der Waals surface area (Å²) >= 11 is 1.49. The summed E-state index contributed by atoms with van der Waals surface area (Å²) in [6, 6.07) is 3.52. The number of hydrogen-bond acceptors (Lipinski definition) is 5. The lowest BCUT2D eigenvalue weighted by molar-refractivity contribution is -0.139. The number of carbonyl (C=O) groups is 1. The van der Waals surface area contributed by atoms with Crippen LogP contribution >= 0.6 is 11.3 Å². The van der Waals surface area contributed by atoms with E-state index in [-0.39, 0.29) is 6.61 Å². The predicted molar refractivity (Wildman–Crippen MR) is 95.1 cm³/mol. The van der Waals surface area contributed by atoms with Gasteiger partial charge in [0.1, 0.15) is 0 Å². The first-order valence-electron chi connectivity index (χ1n) is 8.05. The van der Waals surface area contributed by atoms with Crippen molar-refractivity contribution in [1.82, 2.24) is 9.55 Å². The van der Waals surface area contributed by atoms with Crippen LogP contribution in [0.2, 0.25) is 0 Å². The van der Waals surface area contributed by atoms with Gasteiger partial charge in [-0.05, 0) is 36.2 Å². The van der Waals surface area contributed by atoms with Gasteiger partial charge in [0.05, 0.1) is 29.3 Å². The highest BCUT2D eigenvalue weighted by atomic mass is 32.1. The molecule has 3 aromatic rings. The van der Waals surface area contributed by atoms with Gasteiger partial charge in [0.2, 0.25) is 5.95 Å². The van der Waals surface area contributed by atoms with Crippen LogP contribution in [-0.2, 0) is 9.53 Å². The van der Waals surface area contributed by atoms with Crippen molar-refractivity contribution in [2.24, 2.45) is 0 Å². The smallest absolute Gasteiger partial charge is 0.338 e. The quantitative estimate of drug-likeness (QED) is 0.696. The van der Waals surface area contributed by atoms with Gasteiger partial charge in [-0.2, -0.15) is 11.3 Å². The lowest BCUT2D eigenvalue weighted by atomic mass is 9.97. The van der Waals surface area contributed by atoms with Crippen molar-refractivity contribution in [1.29, 1.82) is 0 Å². The Balaban J connectivity index is 1.99. The summed E-state index contributed by atoms with van der Waals surface area (Å²) in [5.74, 6) is -1.96. The number of halogens is 2. The number of hydrogen-bond donors (Lipinski definition) is 1. The van der Waals surface area contributed by atoms with E-state index in [2.05, 4.69) is 10.3 Å². The molecule has 0 radical (unpaired) electrons. The van der Waals surface area contributed by atoms with Crippen molar-refractivity contribution in [3.63, 3.8) is 0 Å². The van der Waals surface area contributed by atoms with Crippen LogP contribution < -0.4 is 5.32 Å². The van der Waals surface area contributed by atoms with Gasteiger partial charge >= 0.3 is 5.97 Å². The van der Waals surface area contributed by atoms with Gasteiger partial charge in [0.25, 0.3) is 0 Å². The Morgan fingerprint density at radius 1 is 1.38 bits per heavy atom. The Kier molecular flexibility index (Phi) is 3.99. The fourth-order valence-corrected chi connectivity index (χ4v) is 3.91. The predicted octanol–water partition coefficient (Wildman–Crippen LogP) is 4.23. The molecule has 0 amide bonds. The molecule has 1 aliphatic rings. The molecule has 0 saturated heterocycles. The van der Waals surface area contributed by atoms with E-state index in [9.17, 15) is 13.6 Å². The van der Waals surface area contributed by atoms with Gasteiger partial charge < -0.3 is 10.1 Å². The summed E-state index contributed by atoms with van der Waals surface area (Å²) in [6.07, 6.45) is 0. The number of benzene rings is 1. The zero-order valence-corrected chi connectivity index (χ0v) is 14.9. The first kappa shape index (κ1) is 16.7. The average Bonchev–Trinajstić information content (AvgIpc) is 3.22. The number of rotatable bonds is 3. The Bertz CT molecular complexity index is 1040. The number of thiophene rings is 1. The maximum atomic E-state index is 13.9. The molecule has 26 heavy (non-hydrogen) atoms. The molecule has 0 saturated carbocycles. The number of imidazole rings is 1. The normalized spacial score (nSPS) is 16.5. The molecule has 1 aromatic carbocycles. The zero-order valence-electron chi connectivity index (χ0n) is 14.0. The summed E-state index contributed by atoms with van der Waals surface area (Å²) in [7, 11) is 0. The number of nitrogens with one attached hydrogen (secondary N) is 1. The number of carbonyl (C=O) groups excluding carboxylic acids is 1. The van der Waals surface area contributed by atoms with E-state index in [0.29, 0.717) is 28.3 Å². The van der Waals surface area contributed by atoms with Crippen LogP contribution in [0.3, 0.4) is 0 Å². The standard InChI is InChI=1S/C18H15F2N3O2S/c1-3-25-17(24)15-9(2)21-18-22-13-6-11(19)12(20)7-14(13)23(18)16(15)10-4-5-26-8-10/h4-8,16H,3H2,1-2H3,(H,21,22). The first-order valence-corrected chi connectivity index (χ1v) is 8.99. The summed E-state index contributed by atoms with van der Waals surface area (Å²) in [5, 5.41) is 6.87. The van der Waals surface area contributed by atoms with E-state index >= 15 is 0 Å². The Hall–Kier alpha value is -2.74. The lowest BCUT2D eigenvalue weighted by Gasteiger charge is -2.29. The van der Waals surface area contributed by atoms with Crippen LogP contribution in [0.1, 0.15) is 25.5 Å². The Morgan fingerprint density at radius 3 is 2.85 bits per heavy atom. The van der Waals surface area contributed by atoms with E-state index in [1.807, 2.05) is 16.8 Å². The van der Waals surface area contributed by atoms with Crippen LogP contribution in [0.4, 0.5) is 14.7 Å². The van der Waals surface area contributed by atoms with Crippen molar-refractivity contribution in [2.45, 2.75) is 19.9 Å². The van der Waals surface area contributed by atoms with Crippen LogP contribution in [-0.4, -0.2) is 22.1 Å². The second kappa shape index (κ2) is 6.21. The summed E-state index contributed by atoms with van der Waals surface area (Å²) in [6.45, 7) is 3.73. The topological polar surface area (TPSA) is 56.1 Å². The number of anilines is 1. The van der Waals surface area contributed by atoms with Crippen molar-refractivity contribution in [2.75, 3.05) is 11.9 Å². The van der Waals surface area contributed by atoms with E-state index < -0.39 is 23.6 Å². The van der Waals surface area contributed by atoms with Crippen molar-refractivity contribution in [3.05, 3.63) is 57.4 Å². The largest absolute Gasteiger partial charge is 0.463 e. The van der Waals surface area contributed by atoms with Crippen LogP contribution in [0.25, 0.3) is 11.0 Å². The van der Waals surface area contributed by atoms with Crippen LogP contribution in [0.15, 0.2) is 40.2 Å². The molecular weight excluding hydrogens is 360 g/mol. The van der Waals surface area contributed by atoms with Gasteiger partial charge in [-0.1, -0.05) is 0 Å². The second-order valence-corrected chi connectivity index (χ2v) is 6.68. The highest BCUT2D eigenvalue weighted by Crippen LogP contribution is 2.40. The van der Waals surface area contributed by atoms with Gasteiger partial charge in [-0.25, -0.2) is 18.6 Å². The van der Waals surface area contributed by atoms with E-state index in [1.54, 1.807) is 18.4 Å². The molecule has 3 heterocycles. The maximum Gasteiger partial charge on any atom is 0.338 e. The third-order valence-corrected chi connectivity index (χ3v) is 5.02. The maximum absolute atomic E-state index is 13.9. The minimum absolute atomic E-state index is 0.239. The third-order valence-electron chi connectivity index (χ3n) is 4.32.